The number of para-hydroxylation sites is 1. The summed E-state index contributed by atoms with van der Waals surface area (Å²) in [6.07, 6.45) is 1.13. The van der Waals surface area contributed by atoms with Crippen LogP contribution in [0.4, 0.5) is 0 Å². The zero-order valence-electron chi connectivity index (χ0n) is 21.6. The third-order valence-corrected chi connectivity index (χ3v) is 6.59. The lowest BCUT2D eigenvalue weighted by Crippen LogP contribution is -2.53. The van der Waals surface area contributed by atoms with Crippen LogP contribution in [0.3, 0.4) is 0 Å². The molecule has 4 rings (SSSR count). The van der Waals surface area contributed by atoms with Crippen molar-refractivity contribution in [1.82, 2.24) is 26.2 Å². The van der Waals surface area contributed by atoms with Gasteiger partial charge in [0.05, 0.1) is 18.5 Å². The predicted molar refractivity (Wildman–Crippen MR) is 142 cm³/mol. The Morgan fingerprint density at radius 1 is 1.00 bits per heavy atom. The molecule has 0 bridgehead atoms. The summed E-state index contributed by atoms with van der Waals surface area (Å²) in [6, 6.07) is 13.7. The number of hydrogen-bond acceptors (Lipinski definition) is 6. The molecule has 1 fully saturated rings. The van der Waals surface area contributed by atoms with Gasteiger partial charge in [0.2, 0.25) is 23.6 Å². The van der Waals surface area contributed by atoms with Crippen molar-refractivity contribution in [2.45, 2.75) is 37.8 Å². The highest BCUT2D eigenvalue weighted by molar-refractivity contribution is 6.01. The second-order valence-electron chi connectivity index (χ2n) is 9.45. The van der Waals surface area contributed by atoms with Crippen molar-refractivity contribution < 1.29 is 28.7 Å². The minimum atomic E-state index is -1.22. The molecule has 0 radical (unpaired) electrons. The van der Waals surface area contributed by atoms with Crippen LogP contribution < -0.4 is 26.0 Å². The molecule has 0 aliphatic carbocycles. The van der Waals surface area contributed by atoms with Crippen molar-refractivity contribution in [2.75, 3.05) is 32.8 Å². The summed E-state index contributed by atoms with van der Waals surface area (Å²) in [7, 11) is 0. The van der Waals surface area contributed by atoms with Gasteiger partial charge in [0.15, 0.2) is 0 Å². The third-order valence-electron chi connectivity index (χ3n) is 6.59. The monoisotopic (exact) mass is 535 g/mol. The van der Waals surface area contributed by atoms with E-state index in [2.05, 4.69) is 21.3 Å². The first-order valence-electron chi connectivity index (χ1n) is 13.1. The van der Waals surface area contributed by atoms with E-state index in [1.54, 1.807) is 29.2 Å². The van der Waals surface area contributed by atoms with Crippen molar-refractivity contribution in [2.24, 2.45) is 0 Å². The van der Waals surface area contributed by atoms with E-state index in [0.29, 0.717) is 25.3 Å². The van der Waals surface area contributed by atoms with Crippen LogP contribution >= 0.6 is 0 Å². The predicted octanol–water partition coefficient (Wildman–Crippen LogP) is 0.150. The van der Waals surface area contributed by atoms with Crippen LogP contribution in [0, 0.1) is 0 Å². The summed E-state index contributed by atoms with van der Waals surface area (Å²) in [6.45, 7) is 1.42. The fourth-order valence-corrected chi connectivity index (χ4v) is 4.56. The van der Waals surface area contributed by atoms with Crippen LogP contribution in [0.15, 0.2) is 54.6 Å². The SMILES string of the molecule is O=C1C[C@@H](C(=O)NCCN2CCCC2=O)NC(=O)c2ccccc2OCCNC(=O)[C@H](Cc2ccccc2)N1. The van der Waals surface area contributed by atoms with Gasteiger partial charge in [-0.3, -0.25) is 24.0 Å². The molecule has 0 spiro atoms. The minimum absolute atomic E-state index is 0.0364. The summed E-state index contributed by atoms with van der Waals surface area (Å²) in [5, 5.41) is 10.9. The van der Waals surface area contributed by atoms with Crippen LogP contribution in [0.2, 0.25) is 0 Å². The molecule has 2 aliphatic rings. The van der Waals surface area contributed by atoms with E-state index in [0.717, 1.165) is 12.0 Å². The molecule has 0 saturated carbocycles. The Hall–Kier alpha value is -4.41. The number of nitrogens with one attached hydrogen (secondary N) is 4. The van der Waals surface area contributed by atoms with Crippen LogP contribution in [0.1, 0.15) is 35.2 Å². The number of hydrogen-bond donors (Lipinski definition) is 4. The smallest absolute Gasteiger partial charge is 0.255 e. The number of fused-ring (bicyclic) bond motifs is 1. The van der Waals surface area contributed by atoms with E-state index in [9.17, 15) is 24.0 Å². The van der Waals surface area contributed by atoms with Gasteiger partial charge in [-0.05, 0) is 24.1 Å². The van der Waals surface area contributed by atoms with Crippen LogP contribution in [-0.2, 0) is 25.6 Å². The van der Waals surface area contributed by atoms with Crippen molar-refractivity contribution >= 4 is 29.5 Å². The van der Waals surface area contributed by atoms with E-state index >= 15 is 0 Å². The number of benzene rings is 2. The molecule has 2 aliphatic heterocycles. The van der Waals surface area contributed by atoms with Gasteiger partial charge in [0, 0.05) is 32.5 Å². The van der Waals surface area contributed by atoms with Crippen molar-refractivity contribution in [3.8, 4) is 5.75 Å². The van der Waals surface area contributed by atoms with Gasteiger partial charge in [-0.2, -0.15) is 0 Å². The molecule has 4 N–H and O–H groups in total. The van der Waals surface area contributed by atoms with Crippen LogP contribution in [-0.4, -0.2) is 79.3 Å². The van der Waals surface area contributed by atoms with E-state index in [-0.39, 0.29) is 49.9 Å². The molecule has 0 aromatic heterocycles. The Kier molecular flexibility index (Phi) is 9.49. The Balaban J connectivity index is 1.51. The summed E-state index contributed by atoms with van der Waals surface area (Å²) in [5.74, 6) is -1.77. The number of rotatable bonds is 6. The molecule has 11 nitrogen and oxygen atoms in total. The molecule has 5 amide bonds. The van der Waals surface area contributed by atoms with Gasteiger partial charge in [-0.25, -0.2) is 0 Å². The van der Waals surface area contributed by atoms with Gasteiger partial charge in [0.25, 0.3) is 5.91 Å². The Labute approximate surface area is 226 Å². The molecule has 2 atom stereocenters. The highest BCUT2D eigenvalue weighted by atomic mass is 16.5. The molecule has 1 saturated heterocycles. The standard InChI is InChI=1S/C28H33N5O6/c34-24-18-22(28(38)29-12-15-33-14-6-11-25(33)35)32-26(36)20-9-4-5-10-23(20)39-16-13-30-27(37)21(31-24)17-19-7-2-1-3-8-19/h1-5,7-10,21-22H,6,11-18H2,(H,29,38)(H,30,37)(H,31,34)(H,32,36)/t21-,22-/m0/s1. The normalized spacial score (nSPS) is 20.6. The summed E-state index contributed by atoms with van der Waals surface area (Å²) < 4.78 is 5.75. The highest BCUT2D eigenvalue weighted by Crippen LogP contribution is 2.18. The zero-order chi connectivity index (χ0) is 27.6. The topological polar surface area (TPSA) is 146 Å². The molecule has 0 unspecified atom stereocenters. The summed E-state index contributed by atoms with van der Waals surface area (Å²) in [4.78, 5) is 65.9. The van der Waals surface area contributed by atoms with Crippen LogP contribution in [0.5, 0.6) is 5.75 Å². The van der Waals surface area contributed by atoms with Crippen molar-refractivity contribution in [3.63, 3.8) is 0 Å². The maximum absolute atomic E-state index is 13.2. The number of carbonyl (C=O) groups is 5. The van der Waals surface area contributed by atoms with Gasteiger partial charge in [-0.15, -0.1) is 0 Å². The molecule has 2 heterocycles. The Bertz CT molecular complexity index is 1200. The van der Waals surface area contributed by atoms with E-state index in [1.165, 1.54) is 0 Å². The van der Waals surface area contributed by atoms with Gasteiger partial charge < -0.3 is 30.9 Å². The second kappa shape index (κ2) is 13.4. The first-order chi connectivity index (χ1) is 18.9. The average molecular weight is 536 g/mol. The second-order valence-corrected chi connectivity index (χ2v) is 9.45. The van der Waals surface area contributed by atoms with Gasteiger partial charge in [0.1, 0.15) is 24.4 Å². The molecule has 2 aromatic carbocycles. The van der Waals surface area contributed by atoms with E-state index in [1.807, 2.05) is 30.3 Å². The average Bonchev–Trinajstić information content (AvgIpc) is 3.34. The Morgan fingerprint density at radius 3 is 2.54 bits per heavy atom. The van der Waals surface area contributed by atoms with E-state index in [4.69, 9.17) is 4.74 Å². The maximum atomic E-state index is 13.2. The zero-order valence-corrected chi connectivity index (χ0v) is 21.6. The summed E-state index contributed by atoms with van der Waals surface area (Å²) in [5.41, 5.74) is 1.05. The summed E-state index contributed by atoms with van der Waals surface area (Å²) >= 11 is 0. The molecule has 2 aromatic rings. The lowest BCUT2D eigenvalue weighted by Gasteiger charge is -2.23. The lowest BCUT2D eigenvalue weighted by atomic mass is 10.0. The minimum Gasteiger partial charge on any atom is -0.491 e. The quantitative estimate of drug-likeness (QED) is 0.414. The fourth-order valence-electron chi connectivity index (χ4n) is 4.56. The van der Waals surface area contributed by atoms with Gasteiger partial charge in [-0.1, -0.05) is 42.5 Å². The third kappa shape index (κ3) is 7.79. The number of carbonyl (C=O) groups excluding carboxylic acids is 5. The largest absolute Gasteiger partial charge is 0.491 e. The van der Waals surface area contributed by atoms with Crippen molar-refractivity contribution in [1.29, 1.82) is 0 Å². The number of amides is 5. The molecule has 11 heteroatoms. The van der Waals surface area contributed by atoms with Gasteiger partial charge >= 0.3 is 0 Å². The fraction of sp³-hybridized carbons (Fsp3) is 0.393. The number of nitrogens with zero attached hydrogens (tertiary/aromatic N) is 1. The maximum Gasteiger partial charge on any atom is 0.255 e. The molecular weight excluding hydrogens is 502 g/mol. The number of ether oxygens (including phenoxy) is 1. The number of likely N-dealkylation sites (tertiary alicyclic amines) is 1. The first-order valence-corrected chi connectivity index (χ1v) is 13.1. The molecule has 206 valence electrons. The molecule has 39 heavy (non-hydrogen) atoms. The first kappa shape index (κ1) is 27.6. The highest BCUT2D eigenvalue weighted by Gasteiger charge is 2.29. The van der Waals surface area contributed by atoms with E-state index < -0.39 is 29.8 Å². The lowest BCUT2D eigenvalue weighted by molar-refractivity contribution is -0.131. The van der Waals surface area contributed by atoms with Crippen LogP contribution in [0.25, 0.3) is 0 Å². The van der Waals surface area contributed by atoms with Crippen molar-refractivity contribution in [3.05, 3.63) is 65.7 Å². The Morgan fingerprint density at radius 2 is 1.77 bits per heavy atom. The molecular formula is C28H33N5O6.